The predicted molar refractivity (Wildman–Crippen MR) is 141 cm³/mol. The first-order chi connectivity index (χ1) is 17.1. The maximum absolute atomic E-state index is 13.6. The lowest BCUT2D eigenvalue weighted by Gasteiger charge is -2.33. The van der Waals surface area contributed by atoms with Gasteiger partial charge in [0.15, 0.2) is 0 Å². The molecule has 2 N–H and O–H groups in total. The van der Waals surface area contributed by atoms with E-state index in [9.17, 15) is 14.0 Å². The Hall–Kier alpha value is -3.39. The van der Waals surface area contributed by atoms with Crippen molar-refractivity contribution in [1.29, 1.82) is 0 Å². The lowest BCUT2D eigenvalue weighted by atomic mass is 9.72. The normalized spacial score (nSPS) is 15.1. The second kappa shape index (κ2) is 10.3. The largest absolute Gasteiger partial charge is 0.497 e. The second-order valence-electron chi connectivity index (χ2n) is 10.00. The molecule has 2 amide bonds. The number of benzene rings is 2. The first-order valence-corrected chi connectivity index (χ1v) is 12.7. The molecule has 0 spiro atoms. The number of hydrogen-bond acceptors (Lipinski definition) is 5. The lowest BCUT2D eigenvalue weighted by molar-refractivity contribution is 0.102. The number of carbonyl (C=O) groups is 2. The summed E-state index contributed by atoms with van der Waals surface area (Å²) in [5.41, 5.74) is 2.40. The zero-order valence-electron chi connectivity index (χ0n) is 21.2. The van der Waals surface area contributed by atoms with Gasteiger partial charge in [-0.15, -0.1) is 11.3 Å². The van der Waals surface area contributed by atoms with Gasteiger partial charge in [-0.3, -0.25) is 9.59 Å². The summed E-state index contributed by atoms with van der Waals surface area (Å²) in [6.07, 6.45) is 2.56. The average molecular weight is 511 g/mol. The third-order valence-electron chi connectivity index (χ3n) is 6.71. The summed E-state index contributed by atoms with van der Waals surface area (Å²) in [4.78, 5) is 27.7. The molecule has 0 saturated carbocycles. The van der Waals surface area contributed by atoms with Crippen molar-refractivity contribution >= 4 is 33.8 Å². The van der Waals surface area contributed by atoms with Gasteiger partial charge in [0.25, 0.3) is 11.8 Å². The highest BCUT2D eigenvalue weighted by Gasteiger charge is 2.34. The molecule has 0 unspecified atom stereocenters. The highest BCUT2D eigenvalue weighted by molar-refractivity contribution is 7.17. The molecule has 6 nitrogen and oxygen atoms in total. The first-order valence-electron chi connectivity index (χ1n) is 11.9. The molecule has 0 radical (unpaired) electrons. The summed E-state index contributed by atoms with van der Waals surface area (Å²) in [7, 11) is 3.09. The standard InChI is InChI=1S/C28H31FN2O4S/c1-28(2,3)17-8-12-20-23(14-17)36-27(31-25(32)16-6-9-18(29)10-7-16)24(20)26(33)30-21-13-11-19(34-4)15-22(21)35-5/h6-7,9-11,13,15,17H,8,12,14H2,1-5H3,(H,30,33)(H,31,32)/t17-/m1/s1. The van der Waals surface area contributed by atoms with Crippen LogP contribution in [0, 0.1) is 17.2 Å². The summed E-state index contributed by atoms with van der Waals surface area (Å²) >= 11 is 1.44. The van der Waals surface area contributed by atoms with Gasteiger partial charge in [-0.25, -0.2) is 4.39 Å². The molecule has 1 atom stereocenters. The van der Waals surface area contributed by atoms with E-state index in [0.29, 0.717) is 39.2 Å². The number of methoxy groups -OCH3 is 2. The van der Waals surface area contributed by atoms with Crippen LogP contribution < -0.4 is 20.1 Å². The molecule has 3 aromatic rings. The maximum Gasteiger partial charge on any atom is 0.259 e. The molecule has 0 bridgehead atoms. The molecule has 0 aliphatic heterocycles. The van der Waals surface area contributed by atoms with Gasteiger partial charge in [-0.1, -0.05) is 20.8 Å². The van der Waals surface area contributed by atoms with E-state index in [2.05, 4.69) is 31.4 Å². The van der Waals surface area contributed by atoms with Crippen molar-refractivity contribution in [3.05, 3.63) is 69.8 Å². The number of ether oxygens (including phenoxy) is 2. The van der Waals surface area contributed by atoms with Crippen LogP contribution in [-0.4, -0.2) is 26.0 Å². The SMILES string of the molecule is COc1ccc(NC(=O)c2c(NC(=O)c3ccc(F)cc3)sc3c2CC[C@@H](C(C)(C)C)C3)c(OC)c1. The Kier molecular flexibility index (Phi) is 7.36. The Labute approximate surface area is 214 Å². The number of fused-ring (bicyclic) bond motifs is 1. The zero-order chi connectivity index (χ0) is 26.0. The van der Waals surface area contributed by atoms with Crippen LogP contribution in [0.2, 0.25) is 0 Å². The van der Waals surface area contributed by atoms with Crippen molar-refractivity contribution in [2.45, 2.75) is 40.0 Å². The molecule has 36 heavy (non-hydrogen) atoms. The second-order valence-corrected chi connectivity index (χ2v) is 11.1. The quantitative estimate of drug-likeness (QED) is 0.394. The number of amides is 2. The van der Waals surface area contributed by atoms with Crippen LogP contribution in [0.15, 0.2) is 42.5 Å². The Balaban J connectivity index is 1.69. The monoisotopic (exact) mass is 510 g/mol. The summed E-state index contributed by atoms with van der Waals surface area (Å²) < 4.78 is 24.0. The van der Waals surface area contributed by atoms with Crippen LogP contribution in [0.1, 0.15) is 58.3 Å². The highest BCUT2D eigenvalue weighted by atomic mass is 32.1. The minimum absolute atomic E-state index is 0.137. The average Bonchev–Trinajstić information content (AvgIpc) is 3.21. The number of halogens is 1. The molecule has 1 aromatic heterocycles. The fourth-order valence-corrected chi connectivity index (χ4v) is 5.84. The van der Waals surface area contributed by atoms with Crippen LogP contribution in [-0.2, 0) is 12.8 Å². The highest BCUT2D eigenvalue weighted by Crippen LogP contribution is 2.45. The fraction of sp³-hybridized carbons (Fsp3) is 0.357. The molecule has 0 fully saturated rings. The lowest BCUT2D eigenvalue weighted by Crippen LogP contribution is -2.27. The van der Waals surface area contributed by atoms with E-state index in [1.54, 1.807) is 25.3 Å². The summed E-state index contributed by atoms with van der Waals surface area (Å²) in [5.74, 6) is 0.424. The van der Waals surface area contributed by atoms with E-state index in [1.807, 2.05) is 0 Å². The predicted octanol–water partition coefficient (Wildman–Crippen LogP) is 6.56. The smallest absolute Gasteiger partial charge is 0.259 e. The van der Waals surface area contributed by atoms with Crippen molar-refractivity contribution < 1.29 is 23.5 Å². The number of nitrogens with one attached hydrogen (secondary N) is 2. The van der Waals surface area contributed by atoms with Crippen LogP contribution in [0.3, 0.4) is 0 Å². The van der Waals surface area contributed by atoms with Gasteiger partial charge >= 0.3 is 0 Å². The van der Waals surface area contributed by atoms with Gasteiger partial charge in [-0.2, -0.15) is 0 Å². The van der Waals surface area contributed by atoms with Gasteiger partial charge in [0.05, 0.1) is 25.5 Å². The maximum atomic E-state index is 13.6. The molecule has 1 aliphatic carbocycles. The van der Waals surface area contributed by atoms with E-state index < -0.39 is 11.7 Å². The minimum Gasteiger partial charge on any atom is -0.497 e. The van der Waals surface area contributed by atoms with Crippen molar-refractivity contribution in [3.63, 3.8) is 0 Å². The van der Waals surface area contributed by atoms with Crippen LogP contribution in [0.4, 0.5) is 15.1 Å². The molecular weight excluding hydrogens is 479 g/mol. The number of anilines is 2. The van der Waals surface area contributed by atoms with Gasteiger partial charge in [-0.05, 0) is 72.6 Å². The topological polar surface area (TPSA) is 76.7 Å². The van der Waals surface area contributed by atoms with Gasteiger partial charge in [0, 0.05) is 16.5 Å². The Morgan fingerprint density at radius 3 is 2.36 bits per heavy atom. The van der Waals surface area contributed by atoms with Gasteiger partial charge < -0.3 is 20.1 Å². The summed E-state index contributed by atoms with van der Waals surface area (Å²) in [6.45, 7) is 6.70. The minimum atomic E-state index is -0.417. The summed E-state index contributed by atoms with van der Waals surface area (Å²) in [6, 6.07) is 10.5. The number of rotatable bonds is 6. The van der Waals surface area contributed by atoms with Crippen LogP contribution in [0.5, 0.6) is 11.5 Å². The van der Waals surface area contributed by atoms with Gasteiger partial charge in [0.1, 0.15) is 22.3 Å². The van der Waals surface area contributed by atoms with E-state index in [0.717, 1.165) is 29.7 Å². The third kappa shape index (κ3) is 5.38. The van der Waals surface area contributed by atoms with E-state index in [-0.39, 0.29) is 11.3 Å². The van der Waals surface area contributed by atoms with Crippen molar-refractivity contribution in [3.8, 4) is 11.5 Å². The van der Waals surface area contributed by atoms with E-state index >= 15 is 0 Å². The number of carbonyl (C=O) groups excluding carboxylic acids is 2. The Bertz CT molecular complexity index is 1280. The number of thiophene rings is 1. The van der Waals surface area contributed by atoms with Crippen molar-refractivity contribution in [2.75, 3.05) is 24.9 Å². The third-order valence-corrected chi connectivity index (χ3v) is 7.88. The van der Waals surface area contributed by atoms with Crippen LogP contribution >= 0.6 is 11.3 Å². The van der Waals surface area contributed by atoms with Crippen molar-refractivity contribution in [1.82, 2.24) is 0 Å². The molecule has 8 heteroatoms. The van der Waals surface area contributed by atoms with Crippen LogP contribution in [0.25, 0.3) is 0 Å². The molecule has 0 saturated heterocycles. The molecule has 2 aromatic carbocycles. The molecular formula is C28H31FN2O4S. The van der Waals surface area contributed by atoms with E-state index in [1.165, 1.54) is 42.7 Å². The van der Waals surface area contributed by atoms with Gasteiger partial charge in [0.2, 0.25) is 0 Å². The molecule has 190 valence electrons. The molecule has 1 heterocycles. The van der Waals surface area contributed by atoms with E-state index in [4.69, 9.17) is 9.47 Å². The fourth-order valence-electron chi connectivity index (χ4n) is 4.52. The van der Waals surface area contributed by atoms with Crippen molar-refractivity contribution in [2.24, 2.45) is 11.3 Å². The zero-order valence-corrected chi connectivity index (χ0v) is 22.0. The summed E-state index contributed by atoms with van der Waals surface area (Å²) in [5, 5.41) is 6.36. The Morgan fingerprint density at radius 1 is 1.00 bits per heavy atom. The first kappa shape index (κ1) is 25.7. The molecule has 4 rings (SSSR count). The molecule has 1 aliphatic rings. The Morgan fingerprint density at radius 2 is 1.72 bits per heavy atom. The number of hydrogen-bond donors (Lipinski definition) is 2.